The van der Waals surface area contributed by atoms with Gasteiger partial charge in [0.1, 0.15) is 11.6 Å². The first-order chi connectivity index (χ1) is 14.9. The van der Waals surface area contributed by atoms with Crippen LogP contribution in [0.2, 0.25) is 0 Å². The molecule has 31 heavy (non-hydrogen) atoms. The zero-order chi connectivity index (χ0) is 22.4. The average Bonchev–Trinajstić information content (AvgIpc) is 3.27. The van der Waals surface area contributed by atoms with Crippen molar-refractivity contribution in [2.75, 3.05) is 21.3 Å². The molecule has 0 spiro atoms. The molecule has 0 unspecified atom stereocenters. The average molecular weight is 451 g/mol. The molecule has 0 aliphatic heterocycles. The van der Waals surface area contributed by atoms with E-state index in [2.05, 4.69) is 9.72 Å². The number of methoxy groups -OCH3 is 3. The van der Waals surface area contributed by atoms with Crippen LogP contribution in [0, 0.1) is 0 Å². The molecule has 0 radical (unpaired) electrons. The van der Waals surface area contributed by atoms with E-state index in [1.807, 2.05) is 6.07 Å². The lowest BCUT2D eigenvalue weighted by atomic mass is 10.2. The minimum absolute atomic E-state index is 0.0899. The largest absolute Gasteiger partial charge is 0.493 e. The van der Waals surface area contributed by atoms with Gasteiger partial charge in [-0.2, -0.15) is 8.78 Å². The van der Waals surface area contributed by atoms with Gasteiger partial charge in [0.2, 0.25) is 0 Å². The van der Waals surface area contributed by atoms with E-state index in [1.165, 1.54) is 43.8 Å². The predicted molar refractivity (Wildman–Crippen MR) is 109 cm³/mol. The lowest BCUT2D eigenvalue weighted by molar-refractivity contribution is -0.0512. The summed E-state index contributed by atoms with van der Waals surface area (Å²) in [6.07, 6.45) is 0. The Kier molecular flexibility index (Phi) is 7.24. The van der Waals surface area contributed by atoms with E-state index in [0.29, 0.717) is 22.1 Å². The van der Waals surface area contributed by atoms with Crippen LogP contribution in [0.1, 0.15) is 16.1 Å². The van der Waals surface area contributed by atoms with Crippen molar-refractivity contribution in [1.82, 2.24) is 4.98 Å². The molecule has 3 aromatic rings. The molecule has 0 N–H and O–H groups in total. The van der Waals surface area contributed by atoms with Crippen LogP contribution in [-0.2, 0) is 11.3 Å². The van der Waals surface area contributed by atoms with Gasteiger partial charge in [-0.1, -0.05) is 6.07 Å². The molecular weight excluding hydrogens is 432 g/mol. The summed E-state index contributed by atoms with van der Waals surface area (Å²) in [6, 6.07) is 9.62. The molecule has 0 atom stereocenters. The maximum atomic E-state index is 12.4. The number of rotatable bonds is 9. The highest BCUT2D eigenvalue weighted by Crippen LogP contribution is 2.34. The van der Waals surface area contributed by atoms with E-state index in [1.54, 1.807) is 24.6 Å². The maximum Gasteiger partial charge on any atom is 0.387 e. The molecule has 1 aromatic heterocycles. The minimum atomic E-state index is -2.97. The fourth-order valence-electron chi connectivity index (χ4n) is 2.69. The first-order valence-electron chi connectivity index (χ1n) is 8.92. The minimum Gasteiger partial charge on any atom is -0.493 e. The monoisotopic (exact) mass is 451 g/mol. The molecule has 164 valence electrons. The van der Waals surface area contributed by atoms with Crippen molar-refractivity contribution in [1.29, 1.82) is 0 Å². The third kappa shape index (κ3) is 5.40. The van der Waals surface area contributed by atoms with Crippen LogP contribution in [0.5, 0.6) is 23.0 Å². The topological polar surface area (TPSA) is 76.1 Å². The summed E-state index contributed by atoms with van der Waals surface area (Å²) in [5.74, 6) is 0.523. The number of halogens is 2. The molecule has 0 saturated heterocycles. The van der Waals surface area contributed by atoms with Crippen LogP contribution in [0.3, 0.4) is 0 Å². The fraction of sp³-hybridized carbons (Fsp3) is 0.238. The third-order valence-corrected chi connectivity index (χ3v) is 5.05. The van der Waals surface area contributed by atoms with Crippen LogP contribution in [0.4, 0.5) is 8.78 Å². The van der Waals surface area contributed by atoms with Gasteiger partial charge in [0.05, 0.1) is 21.3 Å². The van der Waals surface area contributed by atoms with E-state index in [9.17, 15) is 13.6 Å². The summed E-state index contributed by atoms with van der Waals surface area (Å²) >= 11 is 1.28. The Bertz CT molecular complexity index is 1060. The number of thiazole rings is 1. The van der Waals surface area contributed by atoms with E-state index in [4.69, 9.17) is 18.9 Å². The second kappa shape index (κ2) is 10.1. The number of hydrogen-bond donors (Lipinski definition) is 0. The zero-order valence-corrected chi connectivity index (χ0v) is 17.7. The van der Waals surface area contributed by atoms with Crippen molar-refractivity contribution in [3.8, 4) is 33.6 Å². The number of nitrogens with zero attached hydrogens (tertiary/aromatic N) is 1. The molecule has 0 aliphatic carbocycles. The lowest BCUT2D eigenvalue weighted by Gasteiger charge is -2.11. The molecule has 2 aromatic carbocycles. The van der Waals surface area contributed by atoms with Crippen LogP contribution >= 0.6 is 11.3 Å². The number of esters is 1. The maximum absolute atomic E-state index is 12.4. The molecule has 1 heterocycles. The van der Waals surface area contributed by atoms with Crippen molar-refractivity contribution in [2.45, 2.75) is 13.2 Å². The lowest BCUT2D eigenvalue weighted by Crippen LogP contribution is -2.07. The van der Waals surface area contributed by atoms with Crippen molar-refractivity contribution in [3.63, 3.8) is 0 Å². The smallest absolute Gasteiger partial charge is 0.387 e. The number of alkyl halides is 2. The normalized spacial score (nSPS) is 10.6. The zero-order valence-electron chi connectivity index (χ0n) is 16.9. The second-order valence-corrected chi connectivity index (χ2v) is 6.91. The molecule has 0 amide bonds. The summed E-state index contributed by atoms with van der Waals surface area (Å²) in [7, 11) is 4.41. The molecule has 0 saturated carbocycles. The Morgan fingerprint density at radius 1 is 0.968 bits per heavy atom. The second-order valence-electron chi connectivity index (χ2n) is 6.05. The summed E-state index contributed by atoms with van der Waals surface area (Å²) in [4.78, 5) is 16.7. The highest BCUT2D eigenvalue weighted by Gasteiger charge is 2.16. The SMILES string of the molecule is COc1ccc(-c2nc(C(=O)OCc3ccc(OC(F)F)c(OC)c3)cs2)cc1OC. The number of aromatic nitrogens is 1. The standard InChI is InChI=1S/C21H19F2NO6S/c1-26-15-7-5-13(9-18(15)28-3)19-24-14(11-31-19)20(25)29-10-12-4-6-16(30-21(22)23)17(8-12)27-2/h4-9,11,21H,10H2,1-3H3. The number of benzene rings is 2. The van der Waals surface area contributed by atoms with Crippen LogP contribution in [-0.4, -0.2) is 38.9 Å². The Labute approximate surface area is 181 Å². The van der Waals surface area contributed by atoms with Gasteiger partial charge in [0.15, 0.2) is 28.7 Å². The van der Waals surface area contributed by atoms with E-state index >= 15 is 0 Å². The van der Waals surface area contributed by atoms with Gasteiger partial charge in [-0.15, -0.1) is 11.3 Å². The van der Waals surface area contributed by atoms with Crippen LogP contribution in [0.15, 0.2) is 41.8 Å². The number of carbonyl (C=O) groups excluding carboxylic acids is 1. The van der Waals surface area contributed by atoms with Gasteiger partial charge < -0.3 is 23.7 Å². The molecule has 0 fully saturated rings. The molecule has 10 heteroatoms. The van der Waals surface area contributed by atoms with Gasteiger partial charge >= 0.3 is 12.6 Å². The Morgan fingerprint density at radius 3 is 2.32 bits per heavy atom. The molecule has 3 rings (SSSR count). The Balaban J connectivity index is 1.68. The van der Waals surface area contributed by atoms with Gasteiger partial charge in [-0.25, -0.2) is 9.78 Å². The van der Waals surface area contributed by atoms with Crippen molar-refractivity contribution in [2.24, 2.45) is 0 Å². The first-order valence-corrected chi connectivity index (χ1v) is 9.80. The van der Waals surface area contributed by atoms with Crippen LogP contribution in [0.25, 0.3) is 10.6 Å². The fourth-order valence-corrected chi connectivity index (χ4v) is 3.47. The van der Waals surface area contributed by atoms with Crippen molar-refractivity contribution >= 4 is 17.3 Å². The molecule has 0 aliphatic rings. The van der Waals surface area contributed by atoms with Gasteiger partial charge in [-0.05, 0) is 35.9 Å². The Morgan fingerprint density at radius 2 is 1.65 bits per heavy atom. The van der Waals surface area contributed by atoms with Crippen molar-refractivity contribution in [3.05, 3.63) is 53.0 Å². The van der Waals surface area contributed by atoms with Gasteiger partial charge in [-0.3, -0.25) is 0 Å². The molecule has 7 nitrogen and oxygen atoms in total. The summed E-state index contributed by atoms with van der Waals surface area (Å²) < 4.78 is 50.0. The van der Waals surface area contributed by atoms with E-state index in [0.717, 1.165) is 5.56 Å². The highest BCUT2D eigenvalue weighted by molar-refractivity contribution is 7.13. The molecule has 0 bridgehead atoms. The van der Waals surface area contributed by atoms with Gasteiger partial charge in [0.25, 0.3) is 0 Å². The number of ether oxygens (including phenoxy) is 5. The quantitative estimate of drug-likeness (QED) is 0.433. The van der Waals surface area contributed by atoms with Gasteiger partial charge in [0, 0.05) is 10.9 Å². The summed E-state index contributed by atoms with van der Waals surface area (Å²) in [5, 5.41) is 2.21. The Hall–Kier alpha value is -3.40. The number of hydrogen-bond acceptors (Lipinski definition) is 8. The van der Waals surface area contributed by atoms with Crippen molar-refractivity contribution < 1.29 is 37.3 Å². The molecular formula is C21H19F2NO6S. The highest BCUT2D eigenvalue weighted by atomic mass is 32.1. The number of carbonyl (C=O) groups is 1. The summed E-state index contributed by atoms with van der Waals surface area (Å²) in [6.45, 7) is -3.06. The van der Waals surface area contributed by atoms with E-state index in [-0.39, 0.29) is 23.8 Å². The predicted octanol–water partition coefficient (Wildman–Crippen LogP) is 4.79. The third-order valence-electron chi connectivity index (χ3n) is 4.16. The first kappa shape index (κ1) is 22.3. The van der Waals surface area contributed by atoms with Crippen LogP contribution < -0.4 is 18.9 Å². The summed E-state index contributed by atoms with van der Waals surface area (Å²) in [5.41, 5.74) is 1.46. The van der Waals surface area contributed by atoms with E-state index < -0.39 is 12.6 Å².